The van der Waals surface area contributed by atoms with Crippen molar-refractivity contribution in [1.82, 2.24) is 0 Å². The fourth-order valence-corrected chi connectivity index (χ4v) is 2.25. The predicted molar refractivity (Wildman–Crippen MR) is 68.0 cm³/mol. The summed E-state index contributed by atoms with van der Waals surface area (Å²) in [4.78, 5) is 11.2. The topological polar surface area (TPSA) is 91.0 Å². The van der Waals surface area contributed by atoms with Gasteiger partial charge in [-0.15, -0.1) is 0 Å². The second-order valence-electron chi connectivity index (χ2n) is 4.55. The number of hydrogen-bond donors (Lipinski definition) is 2. The Bertz CT molecular complexity index is 491. The Labute approximate surface area is 111 Å². The number of hydrogen-bond acceptors (Lipinski definition) is 5. The van der Waals surface area contributed by atoms with E-state index in [4.69, 9.17) is 25.1 Å². The molecule has 1 aliphatic rings. The SMILES string of the molecule is COc1cc(OC)c(C2CC2(N)C(=O)O)c(OC)c1. The lowest BCUT2D eigenvalue weighted by Crippen LogP contribution is -2.34. The Morgan fingerprint density at radius 1 is 1.26 bits per heavy atom. The fraction of sp³-hybridized carbons (Fsp3) is 0.462. The summed E-state index contributed by atoms with van der Waals surface area (Å²) in [5.74, 6) is 0.291. The third-order valence-electron chi connectivity index (χ3n) is 3.50. The van der Waals surface area contributed by atoms with Crippen molar-refractivity contribution in [2.24, 2.45) is 5.73 Å². The van der Waals surface area contributed by atoms with Gasteiger partial charge in [0, 0.05) is 23.6 Å². The van der Waals surface area contributed by atoms with Gasteiger partial charge < -0.3 is 25.1 Å². The molecule has 2 atom stereocenters. The molecule has 0 aliphatic heterocycles. The maximum atomic E-state index is 11.2. The highest BCUT2D eigenvalue weighted by Gasteiger charge is 2.60. The first-order valence-electron chi connectivity index (χ1n) is 5.80. The lowest BCUT2D eigenvalue weighted by Gasteiger charge is -2.16. The van der Waals surface area contributed by atoms with Crippen molar-refractivity contribution >= 4 is 5.97 Å². The van der Waals surface area contributed by atoms with Crippen LogP contribution in [0.4, 0.5) is 0 Å². The third kappa shape index (κ3) is 2.08. The monoisotopic (exact) mass is 267 g/mol. The molecule has 0 amide bonds. The molecule has 1 aromatic rings. The molecule has 1 fully saturated rings. The van der Waals surface area contributed by atoms with E-state index in [1.807, 2.05) is 0 Å². The van der Waals surface area contributed by atoms with Crippen molar-refractivity contribution < 1.29 is 24.1 Å². The van der Waals surface area contributed by atoms with Gasteiger partial charge in [0.05, 0.1) is 21.3 Å². The first-order chi connectivity index (χ1) is 8.97. The van der Waals surface area contributed by atoms with Crippen molar-refractivity contribution in [3.05, 3.63) is 17.7 Å². The van der Waals surface area contributed by atoms with Crippen LogP contribution in [0.25, 0.3) is 0 Å². The van der Waals surface area contributed by atoms with E-state index in [0.717, 1.165) is 0 Å². The minimum atomic E-state index is -1.24. The van der Waals surface area contributed by atoms with E-state index in [0.29, 0.717) is 29.2 Å². The first kappa shape index (κ1) is 13.5. The smallest absolute Gasteiger partial charge is 0.324 e. The van der Waals surface area contributed by atoms with Gasteiger partial charge in [-0.05, 0) is 6.42 Å². The minimum Gasteiger partial charge on any atom is -0.496 e. The van der Waals surface area contributed by atoms with Crippen molar-refractivity contribution in [3.63, 3.8) is 0 Å². The van der Waals surface area contributed by atoms with Gasteiger partial charge in [-0.1, -0.05) is 0 Å². The first-order valence-corrected chi connectivity index (χ1v) is 5.80. The molecule has 0 bridgehead atoms. The minimum absolute atomic E-state index is 0.319. The molecule has 6 nitrogen and oxygen atoms in total. The maximum Gasteiger partial charge on any atom is 0.324 e. The van der Waals surface area contributed by atoms with E-state index in [1.54, 1.807) is 12.1 Å². The second-order valence-corrected chi connectivity index (χ2v) is 4.55. The van der Waals surface area contributed by atoms with E-state index < -0.39 is 11.5 Å². The van der Waals surface area contributed by atoms with Gasteiger partial charge in [0.2, 0.25) is 0 Å². The van der Waals surface area contributed by atoms with Crippen molar-refractivity contribution in [3.8, 4) is 17.2 Å². The summed E-state index contributed by atoms with van der Waals surface area (Å²) in [6.07, 6.45) is 0.362. The van der Waals surface area contributed by atoms with Crippen LogP contribution in [0.3, 0.4) is 0 Å². The molecule has 19 heavy (non-hydrogen) atoms. The summed E-state index contributed by atoms with van der Waals surface area (Å²) < 4.78 is 15.7. The molecular weight excluding hydrogens is 250 g/mol. The number of methoxy groups -OCH3 is 3. The Hall–Kier alpha value is -1.95. The maximum absolute atomic E-state index is 11.2. The predicted octanol–water partition coefficient (Wildman–Crippen LogP) is 0.982. The summed E-state index contributed by atoms with van der Waals surface area (Å²) in [6.45, 7) is 0. The van der Waals surface area contributed by atoms with Gasteiger partial charge in [0.15, 0.2) is 0 Å². The number of carbonyl (C=O) groups is 1. The molecule has 3 N–H and O–H groups in total. The van der Waals surface area contributed by atoms with Crippen LogP contribution in [0.2, 0.25) is 0 Å². The molecule has 0 aromatic heterocycles. The number of benzene rings is 1. The second kappa shape index (κ2) is 4.62. The van der Waals surface area contributed by atoms with Crippen LogP contribution in [-0.2, 0) is 4.79 Å². The molecule has 1 aromatic carbocycles. The average Bonchev–Trinajstić information content (AvgIpc) is 3.10. The largest absolute Gasteiger partial charge is 0.496 e. The molecule has 6 heteroatoms. The van der Waals surface area contributed by atoms with Gasteiger partial charge in [0.25, 0.3) is 0 Å². The fourth-order valence-electron chi connectivity index (χ4n) is 2.25. The van der Waals surface area contributed by atoms with E-state index in [1.165, 1.54) is 21.3 Å². The molecule has 0 spiro atoms. The van der Waals surface area contributed by atoms with Gasteiger partial charge in [-0.25, -0.2) is 0 Å². The number of aliphatic carboxylic acids is 1. The zero-order chi connectivity index (χ0) is 14.2. The Balaban J connectivity index is 2.48. The molecule has 1 aliphatic carbocycles. The number of carboxylic acid groups (broad SMARTS) is 1. The lowest BCUT2D eigenvalue weighted by molar-refractivity contribution is -0.139. The number of carboxylic acids is 1. The molecule has 0 saturated heterocycles. The molecular formula is C13H17NO5. The number of nitrogens with two attached hydrogens (primary N) is 1. The Kier molecular flexibility index (Phi) is 3.28. The quantitative estimate of drug-likeness (QED) is 0.826. The molecule has 2 unspecified atom stereocenters. The van der Waals surface area contributed by atoms with E-state index >= 15 is 0 Å². The third-order valence-corrected chi connectivity index (χ3v) is 3.50. The van der Waals surface area contributed by atoms with Crippen LogP contribution >= 0.6 is 0 Å². The standard InChI is InChI=1S/C13H17NO5/c1-17-7-4-9(18-2)11(10(5-7)19-3)8-6-13(8,14)12(15)16/h4-5,8H,6,14H2,1-3H3,(H,15,16). The summed E-state index contributed by atoms with van der Waals surface area (Å²) in [7, 11) is 4.56. The normalized spacial score (nSPS) is 24.7. The van der Waals surface area contributed by atoms with Crippen LogP contribution in [0.1, 0.15) is 17.9 Å². The van der Waals surface area contributed by atoms with Crippen LogP contribution in [0.5, 0.6) is 17.2 Å². The summed E-state index contributed by atoms with van der Waals surface area (Å²) in [5.41, 5.74) is 5.28. The summed E-state index contributed by atoms with van der Waals surface area (Å²) in [6, 6.07) is 3.39. The van der Waals surface area contributed by atoms with Gasteiger partial charge in [0.1, 0.15) is 22.8 Å². The van der Waals surface area contributed by atoms with Crippen LogP contribution in [0.15, 0.2) is 12.1 Å². The molecule has 1 saturated carbocycles. The van der Waals surface area contributed by atoms with Crippen LogP contribution < -0.4 is 19.9 Å². The van der Waals surface area contributed by atoms with Gasteiger partial charge >= 0.3 is 5.97 Å². The van der Waals surface area contributed by atoms with Gasteiger partial charge in [-0.2, -0.15) is 0 Å². The highest BCUT2D eigenvalue weighted by Crippen LogP contribution is 2.56. The number of ether oxygens (including phenoxy) is 3. The molecule has 104 valence electrons. The molecule has 2 rings (SSSR count). The number of rotatable bonds is 5. The zero-order valence-electron chi connectivity index (χ0n) is 11.1. The summed E-state index contributed by atoms with van der Waals surface area (Å²) >= 11 is 0. The van der Waals surface area contributed by atoms with Crippen molar-refractivity contribution in [2.75, 3.05) is 21.3 Å². The lowest BCUT2D eigenvalue weighted by atomic mass is 10.0. The van der Waals surface area contributed by atoms with Gasteiger partial charge in [-0.3, -0.25) is 4.79 Å². The zero-order valence-corrected chi connectivity index (χ0v) is 11.1. The van der Waals surface area contributed by atoms with Crippen molar-refractivity contribution in [1.29, 1.82) is 0 Å². The van der Waals surface area contributed by atoms with Crippen LogP contribution in [0, 0.1) is 0 Å². The van der Waals surface area contributed by atoms with Crippen LogP contribution in [-0.4, -0.2) is 37.9 Å². The van der Waals surface area contributed by atoms with E-state index in [9.17, 15) is 4.79 Å². The molecule has 0 heterocycles. The van der Waals surface area contributed by atoms with E-state index in [-0.39, 0.29) is 5.92 Å². The molecule has 0 radical (unpaired) electrons. The van der Waals surface area contributed by atoms with Crippen molar-refractivity contribution in [2.45, 2.75) is 17.9 Å². The summed E-state index contributed by atoms with van der Waals surface area (Å²) in [5, 5.41) is 9.14. The average molecular weight is 267 g/mol. The highest BCUT2D eigenvalue weighted by molar-refractivity contribution is 5.85. The highest BCUT2D eigenvalue weighted by atomic mass is 16.5. The Morgan fingerprint density at radius 3 is 2.11 bits per heavy atom. The Morgan fingerprint density at radius 2 is 1.79 bits per heavy atom. The van der Waals surface area contributed by atoms with E-state index in [2.05, 4.69) is 0 Å².